The van der Waals surface area contributed by atoms with Gasteiger partial charge in [0.2, 0.25) is 0 Å². The second kappa shape index (κ2) is 4.20. The lowest BCUT2D eigenvalue weighted by molar-refractivity contribution is 0.0272. The van der Waals surface area contributed by atoms with Gasteiger partial charge in [0.25, 0.3) is 0 Å². The smallest absolute Gasteiger partial charge is 0.108 e. The van der Waals surface area contributed by atoms with Crippen LogP contribution in [0.5, 0.6) is 0 Å². The lowest BCUT2D eigenvalue weighted by atomic mass is 9.67. The van der Waals surface area contributed by atoms with Gasteiger partial charge < -0.3 is 0 Å². The molecular weight excluding hydrogens is 175 g/mol. The molecule has 1 heteroatoms. The van der Waals surface area contributed by atoms with Crippen LogP contribution in [0, 0.1) is 23.7 Å². The van der Waals surface area contributed by atoms with Crippen molar-refractivity contribution in [1.82, 2.24) is 0 Å². The molecule has 0 nitrogen and oxygen atoms in total. The molecule has 1 aliphatic carbocycles. The molecule has 0 amide bonds. The van der Waals surface area contributed by atoms with Gasteiger partial charge >= 0.3 is 0 Å². The van der Waals surface area contributed by atoms with Gasteiger partial charge in [-0.25, -0.2) is 4.39 Å². The molecule has 0 radical (unpaired) electrons. The van der Waals surface area contributed by atoms with Crippen LogP contribution >= 0.6 is 0 Å². The molecule has 0 spiro atoms. The second-order valence-electron chi connectivity index (χ2n) is 6.07. The van der Waals surface area contributed by atoms with Crippen molar-refractivity contribution in [3.05, 3.63) is 0 Å². The minimum Gasteiger partial charge on any atom is -0.244 e. The maximum atomic E-state index is 14.1. The van der Waals surface area contributed by atoms with E-state index < -0.39 is 5.67 Å². The minimum absolute atomic E-state index is 0.589. The zero-order valence-corrected chi connectivity index (χ0v) is 10.3. The molecule has 0 aromatic heterocycles. The Bertz CT molecular complexity index is 164. The maximum Gasteiger partial charge on any atom is 0.108 e. The molecule has 0 N–H and O–H groups in total. The van der Waals surface area contributed by atoms with Gasteiger partial charge in [0, 0.05) is 0 Å². The van der Waals surface area contributed by atoms with Crippen molar-refractivity contribution in [2.24, 2.45) is 23.7 Å². The van der Waals surface area contributed by atoms with Crippen LogP contribution in [0.4, 0.5) is 4.39 Å². The van der Waals surface area contributed by atoms with E-state index in [-0.39, 0.29) is 0 Å². The van der Waals surface area contributed by atoms with Crippen LogP contribution in [0.1, 0.15) is 53.9 Å². The average Bonchev–Trinajstić information content (AvgIpc) is 2.01. The summed E-state index contributed by atoms with van der Waals surface area (Å²) in [5, 5.41) is 0. The van der Waals surface area contributed by atoms with Crippen molar-refractivity contribution in [2.75, 3.05) is 0 Å². The van der Waals surface area contributed by atoms with Crippen molar-refractivity contribution in [1.29, 1.82) is 0 Å². The molecule has 0 aromatic carbocycles. The van der Waals surface area contributed by atoms with E-state index in [1.807, 2.05) is 0 Å². The third kappa shape index (κ3) is 2.96. The largest absolute Gasteiger partial charge is 0.244 e. The minimum atomic E-state index is -0.915. The van der Waals surface area contributed by atoms with Gasteiger partial charge in [0.05, 0.1) is 0 Å². The van der Waals surface area contributed by atoms with Crippen LogP contribution < -0.4 is 0 Å². The molecule has 2 unspecified atom stereocenters. The summed E-state index contributed by atoms with van der Waals surface area (Å²) in [5.74, 6) is 2.44. The summed E-state index contributed by atoms with van der Waals surface area (Å²) in [6.07, 6.45) is 2.77. The summed E-state index contributed by atoms with van der Waals surface area (Å²) in [6.45, 7) is 10.7. The summed E-state index contributed by atoms with van der Waals surface area (Å²) in [4.78, 5) is 0. The molecule has 14 heavy (non-hydrogen) atoms. The first-order valence-corrected chi connectivity index (χ1v) is 6.01. The Hall–Kier alpha value is -0.0700. The van der Waals surface area contributed by atoms with E-state index in [9.17, 15) is 4.39 Å². The lowest BCUT2D eigenvalue weighted by Gasteiger charge is -2.40. The normalized spacial score (nSPS) is 39.4. The van der Waals surface area contributed by atoms with Crippen LogP contribution in [-0.2, 0) is 0 Å². The van der Waals surface area contributed by atoms with Gasteiger partial charge in [-0.15, -0.1) is 0 Å². The molecule has 0 bridgehead atoms. The van der Waals surface area contributed by atoms with Crippen molar-refractivity contribution in [3.63, 3.8) is 0 Å². The molecule has 1 saturated carbocycles. The van der Waals surface area contributed by atoms with Crippen LogP contribution in [0.25, 0.3) is 0 Å². The molecule has 0 aliphatic heterocycles. The molecular formula is C13H25F. The highest BCUT2D eigenvalue weighted by molar-refractivity contribution is 4.89. The lowest BCUT2D eigenvalue weighted by Crippen LogP contribution is -2.36. The van der Waals surface area contributed by atoms with E-state index >= 15 is 0 Å². The predicted molar refractivity (Wildman–Crippen MR) is 60.0 cm³/mol. The second-order valence-corrected chi connectivity index (χ2v) is 6.07. The highest BCUT2D eigenvalue weighted by Gasteiger charge is 2.39. The van der Waals surface area contributed by atoms with Gasteiger partial charge in [-0.05, 0) is 49.9 Å². The summed E-state index contributed by atoms with van der Waals surface area (Å²) in [6, 6.07) is 0. The molecule has 0 heterocycles. The molecule has 2 atom stereocenters. The quantitative estimate of drug-likeness (QED) is 0.618. The Morgan fingerprint density at radius 3 is 1.64 bits per heavy atom. The number of alkyl halides is 1. The van der Waals surface area contributed by atoms with Crippen molar-refractivity contribution < 1.29 is 4.39 Å². The maximum absolute atomic E-state index is 14.1. The van der Waals surface area contributed by atoms with E-state index in [0.717, 1.165) is 12.8 Å². The van der Waals surface area contributed by atoms with Crippen LogP contribution in [0.15, 0.2) is 0 Å². The zero-order valence-electron chi connectivity index (χ0n) is 10.3. The fourth-order valence-corrected chi connectivity index (χ4v) is 2.75. The van der Waals surface area contributed by atoms with E-state index in [1.54, 1.807) is 6.92 Å². The van der Waals surface area contributed by atoms with Crippen LogP contribution in [0.3, 0.4) is 0 Å². The zero-order chi connectivity index (χ0) is 10.9. The fourth-order valence-electron chi connectivity index (χ4n) is 2.75. The number of hydrogen-bond donors (Lipinski definition) is 0. The Morgan fingerprint density at radius 1 is 1.00 bits per heavy atom. The third-order valence-electron chi connectivity index (χ3n) is 3.87. The monoisotopic (exact) mass is 200 g/mol. The van der Waals surface area contributed by atoms with E-state index in [4.69, 9.17) is 0 Å². The van der Waals surface area contributed by atoms with Gasteiger partial charge in [0.15, 0.2) is 0 Å². The van der Waals surface area contributed by atoms with Gasteiger partial charge in [-0.1, -0.05) is 27.7 Å². The standard InChI is InChI=1S/C13H25F/c1-9(2)11-6-12(10(3)4)8-13(5,14)7-11/h9-12H,6-8H2,1-5H3. The molecule has 0 aromatic rings. The molecule has 0 saturated heterocycles. The first-order chi connectivity index (χ1) is 6.32. The van der Waals surface area contributed by atoms with Gasteiger partial charge in [-0.2, -0.15) is 0 Å². The van der Waals surface area contributed by atoms with Crippen molar-refractivity contribution >= 4 is 0 Å². The van der Waals surface area contributed by atoms with E-state index in [2.05, 4.69) is 27.7 Å². The molecule has 1 rings (SSSR count). The highest BCUT2D eigenvalue weighted by Crippen LogP contribution is 2.44. The molecule has 1 aliphatic rings. The van der Waals surface area contributed by atoms with E-state index in [1.165, 1.54) is 6.42 Å². The summed E-state index contributed by atoms with van der Waals surface area (Å²) in [7, 11) is 0. The average molecular weight is 200 g/mol. The predicted octanol–water partition coefficient (Wildman–Crippen LogP) is 4.44. The number of halogens is 1. The van der Waals surface area contributed by atoms with Crippen LogP contribution in [-0.4, -0.2) is 5.67 Å². The first-order valence-electron chi connectivity index (χ1n) is 6.01. The summed E-state index contributed by atoms with van der Waals surface area (Å²) < 4.78 is 14.1. The summed E-state index contributed by atoms with van der Waals surface area (Å²) in [5.41, 5.74) is -0.915. The Kier molecular flexibility index (Phi) is 3.60. The van der Waals surface area contributed by atoms with Crippen LogP contribution in [0.2, 0.25) is 0 Å². The topological polar surface area (TPSA) is 0 Å². The van der Waals surface area contributed by atoms with Crippen molar-refractivity contribution in [3.8, 4) is 0 Å². The van der Waals surface area contributed by atoms with Crippen molar-refractivity contribution in [2.45, 2.75) is 59.5 Å². The third-order valence-corrected chi connectivity index (χ3v) is 3.87. The summed E-state index contributed by atoms with van der Waals surface area (Å²) >= 11 is 0. The SMILES string of the molecule is CC(C)C1CC(C(C)C)CC(C)(F)C1. The number of rotatable bonds is 2. The Balaban J connectivity index is 2.67. The molecule has 1 fully saturated rings. The Morgan fingerprint density at radius 2 is 1.36 bits per heavy atom. The number of hydrogen-bond acceptors (Lipinski definition) is 0. The fraction of sp³-hybridized carbons (Fsp3) is 1.00. The first kappa shape index (κ1) is 12.0. The Labute approximate surface area is 88.3 Å². The van der Waals surface area contributed by atoms with Gasteiger partial charge in [0.1, 0.15) is 5.67 Å². The van der Waals surface area contributed by atoms with Gasteiger partial charge in [-0.3, -0.25) is 0 Å². The highest BCUT2D eigenvalue weighted by atomic mass is 19.1. The van der Waals surface area contributed by atoms with E-state index in [0.29, 0.717) is 23.7 Å². The molecule has 84 valence electrons.